The van der Waals surface area contributed by atoms with Crippen LogP contribution in [-0.4, -0.2) is 80.2 Å². The Kier molecular flexibility index (Phi) is 38.2. The fourth-order valence-corrected chi connectivity index (χ4v) is 5.62. The van der Waals surface area contributed by atoms with Crippen LogP contribution < -0.4 is 0 Å². The minimum atomic E-state index is -1.22. The number of carboxylic acids is 2. The van der Waals surface area contributed by atoms with Gasteiger partial charge in [0.1, 0.15) is 24.4 Å². The average Bonchev–Trinajstić information content (AvgIpc) is 3.05. The second-order valence-corrected chi connectivity index (χ2v) is 13.4. The van der Waals surface area contributed by atoms with Gasteiger partial charge in [-0.05, 0) is 12.8 Å². The molecule has 9 nitrogen and oxygen atoms in total. The summed E-state index contributed by atoms with van der Waals surface area (Å²) >= 11 is 0. The molecule has 9 heteroatoms. The van der Waals surface area contributed by atoms with Crippen molar-refractivity contribution in [3.05, 3.63) is 0 Å². The van der Waals surface area contributed by atoms with Crippen LogP contribution in [0.5, 0.6) is 0 Å². The maximum absolute atomic E-state index is 10.3. The summed E-state index contributed by atoms with van der Waals surface area (Å²) < 4.78 is 4.81. The van der Waals surface area contributed by atoms with Gasteiger partial charge >= 0.3 is 11.9 Å². The van der Waals surface area contributed by atoms with Crippen LogP contribution in [0.4, 0.5) is 0 Å². The van der Waals surface area contributed by atoms with E-state index in [1.165, 1.54) is 141 Å². The molecule has 4 atom stereocenters. The molecule has 1 saturated heterocycles. The van der Waals surface area contributed by atoms with Crippen molar-refractivity contribution in [2.45, 2.75) is 218 Å². The third-order valence-electron chi connectivity index (χ3n) is 8.77. The van der Waals surface area contributed by atoms with Gasteiger partial charge in [0.25, 0.3) is 0 Å². The van der Waals surface area contributed by atoms with Crippen molar-refractivity contribution in [3.8, 4) is 0 Å². The maximum Gasteiger partial charge on any atom is 0.303 e. The number of rotatable bonds is 29. The van der Waals surface area contributed by atoms with Gasteiger partial charge in [-0.15, -0.1) is 0 Å². The summed E-state index contributed by atoms with van der Waals surface area (Å²) in [6.07, 6.45) is 30.3. The van der Waals surface area contributed by atoms with Crippen LogP contribution in [0, 0.1) is 0 Å². The van der Waals surface area contributed by atoms with Crippen molar-refractivity contribution in [2.75, 3.05) is 13.2 Å². The van der Waals surface area contributed by atoms with Gasteiger partial charge in [0, 0.05) is 12.8 Å². The van der Waals surface area contributed by atoms with Crippen LogP contribution in [0.15, 0.2) is 0 Å². The molecule has 47 heavy (non-hydrogen) atoms. The molecule has 0 radical (unpaired) electrons. The first kappa shape index (κ1) is 47.9. The lowest BCUT2D eigenvalue weighted by molar-refractivity contribution is -0.195. The zero-order valence-electron chi connectivity index (χ0n) is 30.4. The van der Waals surface area contributed by atoms with E-state index in [2.05, 4.69) is 13.8 Å². The van der Waals surface area contributed by atoms with E-state index in [1.54, 1.807) is 0 Å². The number of carboxylic acid groups (broad SMARTS) is 2. The second kappa shape index (κ2) is 37.6. The molecule has 1 aliphatic rings. The van der Waals surface area contributed by atoms with Gasteiger partial charge in [-0.1, -0.05) is 168 Å². The number of carbonyl (C=O) groups is 2. The van der Waals surface area contributed by atoms with Gasteiger partial charge in [-0.2, -0.15) is 0 Å². The number of aliphatic hydroxyl groups is 4. The molecular formula is C38H76O9. The molecule has 0 spiro atoms. The highest BCUT2D eigenvalue weighted by Crippen LogP contribution is 2.16. The first-order valence-corrected chi connectivity index (χ1v) is 19.4. The summed E-state index contributed by atoms with van der Waals surface area (Å²) in [4.78, 5) is 20.6. The van der Waals surface area contributed by atoms with E-state index in [9.17, 15) is 9.59 Å². The van der Waals surface area contributed by atoms with Crippen molar-refractivity contribution in [1.82, 2.24) is 0 Å². The van der Waals surface area contributed by atoms with Gasteiger partial charge in [0.05, 0.1) is 13.2 Å². The van der Waals surface area contributed by atoms with Crippen LogP contribution in [-0.2, 0) is 14.3 Å². The molecule has 0 aromatic heterocycles. The first-order chi connectivity index (χ1) is 22.7. The number of aliphatic carboxylic acids is 2. The van der Waals surface area contributed by atoms with Crippen LogP contribution in [0.2, 0.25) is 0 Å². The molecule has 1 rings (SSSR count). The Balaban J connectivity index is 0. The third kappa shape index (κ3) is 35.9. The Morgan fingerprint density at radius 1 is 0.489 bits per heavy atom. The van der Waals surface area contributed by atoms with Crippen LogP contribution >= 0.6 is 0 Å². The van der Waals surface area contributed by atoms with E-state index in [-0.39, 0.29) is 13.2 Å². The van der Waals surface area contributed by atoms with Crippen LogP contribution in [0.3, 0.4) is 0 Å². The maximum atomic E-state index is 10.3. The lowest BCUT2D eigenvalue weighted by Crippen LogP contribution is -2.53. The quantitative estimate of drug-likeness (QED) is 0.0426. The molecule has 1 heterocycles. The van der Waals surface area contributed by atoms with Crippen molar-refractivity contribution in [2.24, 2.45) is 0 Å². The van der Waals surface area contributed by atoms with E-state index in [4.69, 9.17) is 35.4 Å². The fourth-order valence-electron chi connectivity index (χ4n) is 5.62. The molecule has 0 aliphatic carbocycles. The van der Waals surface area contributed by atoms with Gasteiger partial charge in [0.15, 0.2) is 0 Å². The molecule has 0 bridgehead atoms. The molecule has 282 valence electrons. The smallest absolute Gasteiger partial charge is 0.303 e. The normalized spacial score (nSPS) is 18.9. The van der Waals surface area contributed by atoms with Gasteiger partial charge in [0.2, 0.25) is 0 Å². The molecule has 6 N–H and O–H groups in total. The number of hydrogen-bond donors (Lipinski definition) is 6. The lowest BCUT2D eigenvalue weighted by Gasteiger charge is -2.34. The number of ether oxygens (including phenoxy) is 1. The number of unbranched alkanes of at least 4 members (excludes halogenated alkanes) is 24. The monoisotopic (exact) mass is 677 g/mol. The zero-order valence-corrected chi connectivity index (χ0v) is 30.4. The second-order valence-electron chi connectivity index (χ2n) is 13.4. The minimum Gasteiger partial charge on any atom is -0.481 e. The minimum absolute atomic E-state index is 0.0521. The van der Waals surface area contributed by atoms with Gasteiger partial charge < -0.3 is 35.4 Å². The van der Waals surface area contributed by atoms with E-state index in [0.29, 0.717) is 12.8 Å². The van der Waals surface area contributed by atoms with E-state index in [1.807, 2.05) is 0 Å². The Hall–Kier alpha value is -1.26. The predicted octanol–water partition coefficient (Wildman–Crippen LogP) is 8.56. The zero-order chi connectivity index (χ0) is 35.4. The summed E-state index contributed by atoms with van der Waals surface area (Å²) in [6.45, 7) is 4.11. The van der Waals surface area contributed by atoms with Gasteiger partial charge in [-0.25, -0.2) is 0 Å². The van der Waals surface area contributed by atoms with E-state index in [0.717, 1.165) is 25.7 Å². The summed E-state index contributed by atoms with van der Waals surface area (Å²) in [7, 11) is 0. The van der Waals surface area contributed by atoms with Crippen molar-refractivity contribution in [3.63, 3.8) is 0 Å². The van der Waals surface area contributed by atoms with Crippen LogP contribution in [0.1, 0.15) is 194 Å². The molecule has 1 fully saturated rings. The topological polar surface area (TPSA) is 165 Å². The molecule has 1 aliphatic heterocycles. The number of hydrogen-bond acceptors (Lipinski definition) is 7. The summed E-state index contributed by atoms with van der Waals surface area (Å²) in [5, 5.41) is 52.7. The molecule has 0 aromatic carbocycles. The van der Waals surface area contributed by atoms with E-state index < -0.39 is 36.4 Å². The largest absolute Gasteiger partial charge is 0.481 e. The SMILES string of the molecule is CCCCCCCCCCCCCCCC(=O)O.CCCCCCCCCCCCCCCC(=O)O.OC[C@H]1OC[C@H](O)[C@@H](O)[C@@H]1O. The lowest BCUT2D eigenvalue weighted by atomic mass is 10.0. The molecule has 0 amide bonds. The molecule has 0 saturated carbocycles. The summed E-state index contributed by atoms with van der Waals surface area (Å²) in [5.74, 6) is -1.31. The van der Waals surface area contributed by atoms with Crippen molar-refractivity contribution in [1.29, 1.82) is 0 Å². The fraction of sp³-hybridized carbons (Fsp3) is 0.947. The highest BCUT2D eigenvalue weighted by Gasteiger charge is 2.36. The summed E-state index contributed by atoms with van der Waals surface area (Å²) in [6, 6.07) is 0. The molecule has 0 unspecified atom stereocenters. The molecule has 0 aromatic rings. The van der Waals surface area contributed by atoms with Gasteiger partial charge in [-0.3, -0.25) is 9.59 Å². The third-order valence-corrected chi connectivity index (χ3v) is 8.77. The van der Waals surface area contributed by atoms with Crippen molar-refractivity contribution < 1.29 is 45.0 Å². The summed E-state index contributed by atoms with van der Waals surface area (Å²) in [5.41, 5.74) is 0. The first-order valence-electron chi connectivity index (χ1n) is 19.4. The standard InChI is InChI=1S/2C16H32O2.C6H12O5/c2*1-2-3-4-5-6-7-8-9-10-11-12-13-14-15-16(17)18;7-1-4-6(10)5(9)3(8)2-11-4/h2*2-15H2,1H3,(H,17,18);3-10H,1-2H2/t;;3-,4+,5+,6+/m..0/s1. The average molecular weight is 677 g/mol. The Morgan fingerprint density at radius 2 is 0.766 bits per heavy atom. The van der Waals surface area contributed by atoms with Crippen molar-refractivity contribution >= 4 is 11.9 Å². The Morgan fingerprint density at radius 3 is 1.02 bits per heavy atom. The van der Waals surface area contributed by atoms with E-state index >= 15 is 0 Å². The Bertz CT molecular complexity index is 619. The highest BCUT2D eigenvalue weighted by atomic mass is 16.5. The highest BCUT2D eigenvalue weighted by molar-refractivity contribution is 5.66. The molecular weight excluding hydrogens is 600 g/mol. The Labute approximate surface area is 287 Å². The number of aliphatic hydroxyl groups excluding tert-OH is 4. The predicted molar refractivity (Wildman–Crippen MR) is 191 cm³/mol. The van der Waals surface area contributed by atoms with Crippen LogP contribution in [0.25, 0.3) is 0 Å².